The number of hydrogen-bond donors (Lipinski definition) is 0. The molecule has 0 radical (unpaired) electrons. The molecule has 3 aromatic carbocycles. The number of fused-ring (bicyclic) bond motifs is 3. The Morgan fingerprint density at radius 1 is 0.917 bits per heavy atom. The molecule has 0 spiro atoms. The third-order valence-electron chi connectivity index (χ3n) is 8.85. The average molecular weight is 475 g/mol. The molecule has 4 aromatic rings. The van der Waals surface area contributed by atoms with Crippen LogP contribution in [0.15, 0.2) is 84.9 Å². The molecule has 2 fully saturated rings. The molecule has 2 atom stereocenters. The molecule has 7 rings (SSSR count). The highest BCUT2D eigenvalue weighted by molar-refractivity contribution is 5.79. The summed E-state index contributed by atoms with van der Waals surface area (Å²) < 4.78 is 6.28. The van der Waals surface area contributed by atoms with E-state index < -0.39 is 0 Å². The molecule has 36 heavy (non-hydrogen) atoms. The van der Waals surface area contributed by atoms with Crippen LogP contribution in [0.25, 0.3) is 10.9 Å². The Bertz CT molecular complexity index is 1380. The van der Waals surface area contributed by atoms with Gasteiger partial charge in [0.25, 0.3) is 0 Å². The van der Waals surface area contributed by atoms with Crippen molar-refractivity contribution in [2.75, 3.05) is 19.6 Å². The summed E-state index contributed by atoms with van der Waals surface area (Å²) in [6.45, 7) is 4.27. The Kier molecular flexibility index (Phi) is 5.54. The zero-order valence-electron chi connectivity index (χ0n) is 20.9. The van der Waals surface area contributed by atoms with Gasteiger partial charge in [0.2, 0.25) is 0 Å². The molecule has 3 nitrogen and oxygen atoms in total. The van der Waals surface area contributed by atoms with Crippen LogP contribution in [0.5, 0.6) is 5.75 Å². The van der Waals surface area contributed by atoms with Gasteiger partial charge in [-0.2, -0.15) is 0 Å². The fourth-order valence-corrected chi connectivity index (χ4v) is 6.68. The summed E-state index contributed by atoms with van der Waals surface area (Å²) in [6.07, 6.45) is 6.18. The number of rotatable bonds is 6. The molecule has 0 N–H and O–H groups in total. The van der Waals surface area contributed by atoms with Gasteiger partial charge < -0.3 is 9.64 Å². The Labute approximate surface area is 214 Å². The normalized spacial score (nSPS) is 23.7. The summed E-state index contributed by atoms with van der Waals surface area (Å²) in [5.74, 6) is 2.51. The highest BCUT2D eigenvalue weighted by Crippen LogP contribution is 2.49. The Hall–Kier alpha value is -3.17. The van der Waals surface area contributed by atoms with Crippen LogP contribution < -0.4 is 4.74 Å². The van der Waals surface area contributed by atoms with Gasteiger partial charge in [0.05, 0.1) is 5.52 Å². The van der Waals surface area contributed by atoms with E-state index in [-0.39, 0.29) is 5.41 Å². The fraction of sp³-hybridized carbons (Fsp3) is 0.364. The van der Waals surface area contributed by atoms with Crippen molar-refractivity contribution in [3.05, 3.63) is 107 Å². The van der Waals surface area contributed by atoms with E-state index in [0.717, 1.165) is 30.0 Å². The molecule has 0 unspecified atom stereocenters. The van der Waals surface area contributed by atoms with E-state index in [0.29, 0.717) is 12.5 Å². The summed E-state index contributed by atoms with van der Waals surface area (Å²) in [5, 5.41) is 1.27. The first-order valence-corrected chi connectivity index (χ1v) is 13.6. The van der Waals surface area contributed by atoms with Crippen molar-refractivity contribution in [1.82, 2.24) is 9.88 Å². The lowest BCUT2D eigenvalue weighted by Crippen LogP contribution is -2.54. The first kappa shape index (κ1) is 22.1. The molecule has 182 valence electrons. The van der Waals surface area contributed by atoms with Crippen LogP contribution in [0.4, 0.5) is 0 Å². The van der Waals surface area contributed by atoms with Crippen LogP contribution in [-0.4, -0.2) is 29.5 Å². The van der Waals surface area contributed by atoms with Gasteiger partial charge in [-0.25, -0.2) is 0 Å². The smallest absolute Gasteiger partial charge is 0.120 e. The molecule has 1 aromatic heterocycles. The van der Waals surface area contributed by atoms with E-state index in [1.807, 2.05) is 0 Å². The second-order valence-corrected chi connectivity index (χ2v) is 11.3. The molecule has 3 heteroatoms. The second kappa shape index (κ2) is 9.05. The molecule has 0 bridgehead atoms. The van der Waals surface area contributed by atoms with Gasteiger partial charge in [-0.05, 0) is 85.0 Å². The first-order valence-electron chi connectivity index (χ1n) is 13.6. The van der Waals surface area contributed by atoms with Crippen LogP contribution >= 0.6 is 0 Å². The molecule has 1 saturated heterocycles. The van der Waals surface area contributed by atoms with E-state index in [9.17, 15) is 0 Å². The van der Waals surface area contributed by atoms with Crippen LogP contribution in [0.3, 0.4) is 0 Å². The predicted octanol–water partition coefficient (Wildman–Crippen LogP) is 6.58. The molecular weight excluding hydrogens is 440 g/mol. The Balaban J connectivity index is 1.23. The van der Waals surface area contributed by atoms with Crippen LogP contribution in [0.1, 0.15) is 41.6 Å². The lowest BCUT2D eigenvalue weighted by molar-refractivity contribution is 0.0776. The number of pyridine rings is 1. The summed E-state index contributed by atoms with van der Waals surface area (Å²) in [7, 11) is 0. The van der Waals surface area contributed by atoms with E-state index in [1.54, 1.807) is 0 Å². The van der Waals surface area contributed by atoms with Gasteiger partial charge in [-0.1, -0.05) is 60.7 Å². The molecule has 0 amide bonds. The van der Waals surface area contributed by atoms with Gasteiger partial charge in [0.1, 0.15) is 12.4 Å². The number of benzene rings is 3. The highest BCUT2D eigenvalue weighted by atomic mass is 16.5. The van der Waals surface area contributed by atoms with Crippen molar-refractivity contribution in [3.63, 3.8) is 0 Å². The van der Waals surface area contributed by atoms with Crippen molar-refractivity contribution in [2.24, 2.45) is 11.8 Å². The van der Waals surface area contributed by atoms with Gasteiger partial charge in [-0.3, -0.25) is 4.98 Å². The number of ether oxygens (including phenoxy) is 1. The minimum absolute atomic E-state index is 0.120. The van der Waals surface area contributed by atoms with Gasteiger partial charge >= 0.3 is 0 Å². The summed E-state index contributed by atoms with van der Waals surface area (Å²) in [5.41, 5.74) is 6.64. The Morgan fingerprint density at radius 3 is 2.67 bits per heavy atom. The van der Waals surface area contributed by atoms with Gasteiger partial charge in [0.15, 0.2) is 0 Å². The standard InChI is InChI=1S/C33H34N2O/c1-2-7-25(8-3-1)23-36-30-11-6-10-28(19-30)33-15-16-35(21-24-13-14-24)22-29(33)18-27-17-26-9-4-5-12-31(26)34-32(27)20-33/h1-12,17,19,24,29H,13-16,18,20-23H2/t29-,33-/m0/s1. The number of para-hydroxylation sites is 1. The number of aromatic nitrogens is 1. The van der Waals surface area contributed by atoms with Crippen LogP contribution in [-0.2, 0) is 24.9 Å². The lowest BCUT2D eigenvalue weighted by atomic mass is 9.58. The monoisotopic (exact) mass is 474 g/mol. The Morgan fingerprint density at radius 2 is 1.78 bits per heavy atom. The largest absolute Gasteiger partial charge is 0.489 e. The lowest BCUT2D eigenvalue weighted by Gasteiger charge is -2.51. The summed E-state index contributed by atoms with van der Waals surface area (Å²) in [4.78, 5) is 7.97. The zero-order valence-corrected chi connectivity index (χ0v) is 20.9. The molecular formula is C33H34N2O. The molecule has 3 aliphatic rings. The number of piperidine rings is 1. The third kappa shape index (κ3) is 4.20. The van der Waals surface area contributed by atoms with E-state index in [4.69, 9.17) is 9.72 Å². The molecule has 1 saturated carbocycles. The van der Waals surface area contributed by atoms with Gasteiger partial charge in [0, 0.05) is 36.0 Å². The molecule has 1 aliphatic heterocycles. The maximum Gasteiger partial charge on any atom is 0.120 e. The van der Waals surface area contributed by atoms with E-state index >= 15 is 0 Å². The summed E-state index contributed by atoms with van der Waals surface area (Å²) in [6, 6.07) is 30.5. The van der Waals surface area contributed by atoms with E-state index in [2.05, 4.69) is 89.8 Å². The first-order chi connectivity index (χ1) is 17.7. The van der Waals surface area contributed by atoms with Gasteiger partial charge in [-0.15, -0.1) is 0 Å². The number of hydrogen-bond acceptors (Lipinski definition) is 3. The predicted molar refractivity (Wildman–Crippen MR) is 145 cm³/mol. The number of nitrogens with zero attached hydrogens (tertiary/aromatic N) is 2. The minimum Gasteiger partial charge on any atom is -0.489 e. The topological polar surface area (TPSA) is 25.4 Å². The quantitative estimate of drug-likeness (QED) is 0.316. The third-order valence-corrected chi connectivity index (χ3v) is 8.85. The van der Waals surface area contributed by atoms with Crippen molar-refractivity contribution >= 4 is 10.9 Å². The maximum absolute atomic E-state index is 6.28. The zero-order chi connectivity index (χ0) is 24.0. The highest BCUT2D eigenvalue weighted by Gasteiger charge is 2.48. The average Bonchev–Trinajstić information content (AvgIpc) is 3.74. The van der Waals surface area contributed by atoms with Crippen molar-refractivity contribution in [3.8, 4) is 5.75 Å². The maximum atomic E-state index is 6.28. The number of likely N-dealkylation sites (tertiary alicyclic amines) is 1. The SMILES string of the molecule is c1ccc(COc2cccc([C@@]34CCN(CC5CC5)C[C@@H]3Cc3cc5ccccc5nc3C4)c2)cc1. The molecule has 2 heterocycles. The summed E-state index contributed by atoms with van der Waals surface area (Å²) >= 11 is 0. The van der Waals surface area contributed by atoms with Crippen molar-refractivity contribution in [2.45, 2.75) is 44.1 Å². The second-order valence-electron chi connectivity index (χ2n) is 11.3. The van der Waals surface area contributed by atoms with Crippen molar-refractivity contribution in [1.29, 1.82) is 0 Å². The van der Waals surface area contributed by atoms with E-state index in [1.165, 1.54) is 66.7 Å². The fourth-order valence-electron chi connectivity index (χ4n) is 6.68. The van der Waals surface area contributed by atoms with Crippen molar-refractivity contribution < 1.29 is 4.74 Å². The molecule has 2 aliphatic carbocycles. The van der Waals surface area contributed by atoms with Crippen LogP contribution in [0.2, 0.25) is 0 Å². The van der Waals surface area contributed by atoms with Crippen LogP contribution in [0, 0.1) is 11.8 Å². The minimum atomic E-state index is 0.120.